The van der Waals surface area contributed by atoms with Gasteiger partial charge in [-0.2, -0.15) is 11.3 Å². The van der Waals surface area contributed by atoms with Crippen molar-refractivity contribution >= 4 is 49.5 Å². The van der Waals surface area contributed by atoms with Gasteiger partial charge in [-0.25, -0.2) is 4.79 Å². The molecule has 7 nitrogen and oxygen atoms in total. The van der Waals surface area contributed by atoms with Crippen molar-refractivity contribution in [2.75, 3.05) is 0 Å². The summed E-state index contributed by atoms with van der Waals surface area (Å²) in [4.78, 5) is 40.2. The molecule has 3 atom stereocenters. The van der Waals surface area contributed by atoms with Crippen LogP contribution in [0.4, 0.5) is 0 Å². The minimum absolute atomic E-state index is 0.0928. The number of benzene rings is 1. The Balaban J connectivity index is 1.73. The zero-order valence-electron chi connectivity index (χ0n) is 19.8. The van der Waals surface area contributed by atoms with Crippen molar-refractivity contribution < 1.29 is 23.0 Å². The SMILES string of the molecule is C=C(C)C(C(=O)OCc1ccccc1)N1C(=O)C(NC(=O)Cc2ccsc2)C1SO[Si](C)(C)C. The molecule has 1 aromatic heterocycles. The lowest BCUT2D eigenvalue weighted by Gasteiger charge is -2.49. The molecule has 3 rings (SSSR count). The Bertz CT molecular complexity index is 1020. The summed E-state index contributed by atoms with van der Waals surface area (Å²) < 4.78 is 11.5. The molecule has 34 heavy (non-hydrogen) atoms. The van der Waals surface area contributed by atoms with Gasteiger partial charge in [0, 0.05) is 12.0 Å². The molecule has 1 N–H and O–H groups in total. The number of nitrogens with one attached hydrogen (secondary N) is 1. The number of β-lactam (4-membered cyclic amide) rings is 1. The van der Waals surface area contributed by atoms with Crippen LogP contribution in [0.25, 0.3) is 0 Å². The molecule has 0 bridgehead atoms. The fourth-order valence-electron chi connectivity index (χ4n) is 3.35. The highest BCUT2D eigenvalue weighted by atomic mass is 32.2. The predicted octanol–water partition coefficient (Wildman–Crippen LogP) is 4.13. The van der Waals surface area contributed by atoms with E-state index in [0.717, 1.165) is 23.2 Å². The van der Waals surface area contributed by atoms with Gasteiger partial charge in [0.1, 0.15) is 18.0 Å². The largest absolute Gasteiger partial charge is 0.459 e. The summed E-state index contributed by atoms with van der Waals surface area (Å²) >= 11 is 2.63. The second kappa shape index (κ2) is 11.3. The summed E-state index contributed by atoms with van der Waals surface area (Å²) in [6.45, 7) is 11.8. The van der Waals surface area contributed by atoms with Crippen molar-refractivity contribution in [3.05, 3.63) is 70.4 Å². The third-order valence-corrected chi connectivity index (χ3v) is 8.74. The zero-order chi connectivity index (χ0) is 24.9. The Morgan fingerprint density at radius 2 is 1.91 bits per heavy atom. The highest BCUT2D eigenvalue weighted by Gasteiger charge is 2.54. The van der Waals surface area contributed by atoms with E-state index in [4.69, 9.17) is 8.61 Å². The Labute approximate surface area is 209 Å². The van der Waals surface area contributed by atoms with Gasteiger partial charge >= 0.3 is 5.97 Å². The normalized spacial score (nSPS) is 18.7. The highest BCUT2D eigenvalue weighted by Crippen LogP contribution is 2.36. The van der Waals surface area contributed by atoms with E-state index in [1.807, 2.05) is 66.8 Å². The number of thiophene rings is 1. The van der Waals surface area contributed by atoms with Crippen LogP contribution in [-0.2, 0) is 36.0 Å². The third-order valence-electron chi connectivity index (χ3n) is 4.93. The maximum atomic E-state index is 13.2. The van der Waals surface area contributed by atoms with Crippen LogP contribution in [0.15, 0.2) is 59.3 Å². The monoisotopic (exact) mass is 518 g/mol. The first kappa shape index (κ1) is 26.2. The number of amides is 2. The van der Waals surface area contributed by atoms with E-state index >= 15 is 0 Å². The predicted molar refractivity (Wildman–Crippen MR) is 137 cm³/mol. The zero-order valence-corrected chi connectivity index (χ0v) is 22.4. The van der Waals surface area contributed by atoms with Crippen molar-refractivity contribution in [1.29, 1.82) is 0 Å². The number of hydrogen-bond acceptors (Lipinski definition) is 7. The molecule has 1 aromatic carbocycles. The average molecular weight is 519 g/mol. The molecule has 10 heteroatoms. The number of likely N-dealkylation sites (tertiary alicyclic amines) is 1. The quantitative estimate of drug-likeness (QED) is 0.158. The molecule has 2 aromatic rings. The lowest BCUT2D eigenvalue weighted by molar-refractivity contribution is -0.163. The number of nitrogens with zero attached hydrogens (tertiary/aromatic N) is 1. The Kier molecular flexibility index (Phi) is 8.75. The second-order valence-corrected chi connectivity index (χ2v) is 15.5. The molecule has 0 saturated carbocycles. The smallest absolute Gasteiger partial charge is 0.333 e. The van der Waals surface area contributed by atoms with Gasteiger partial charge in [-0.15, -0.1) is 0 Å². The first-order valence-corrected chi connectivity index (χ1v) is 16.1. The summed E-state index contributed by atoms with van der Waals surface area (Å²) in [6.07, 6.45) is 0.183. The van der Waals surface area contributed by atoms with Crippen LogP contribution in [0.1, 0.15) is 18.1 Å². The van der Waals surface area contributed by atoms with Crippen LogP contribution in [0.5, 0.6) is 0 Å². The first-order valence-electron chi connectivity index (χ1n) is 10.9. The van der Waals surface area contributed by atoms with Gasteiger partial charge in [0.2, 0.25) is 20.1 Å². The molecule has 2 amide bonds. The molecule has 3 unspecified atom stereocenters. The highest BCUT2D eigenvalue weighted by molar-refractivity contribution is 7.96. The second-order valence-electron chi connectivity index (χ2n) is 9.12. The van der Waals surface area contributed by atoms with Gasteiger partial charge in [0.15, 0.2) is 6.04 Å². The number of carbonyl (C=O) groups is 3. The van der Waals surface area contributed by atoms with E-state index in [1.165, 1.54) is 16.2 Å². The van der Waals surface area contributed by atoms with Crippen LogP contribution in [0.2, 0.25) is 19.6 Å². The molecular formula is C24H30N2O5S2Si. The van der Waals surface area contributed by atoms with Gasteiger partial charge in [-0.05, 0) is 60.1 Å². The molecule has 1 aliphatic heterocycles. The lowest BCUT2D eigenvalue weighted by atomic mass is 9.99. The van der Waals surface area contributed by atoms with Crippen LogP contribution in [0.3, 0.4) is 0 Å². The van der Waals surface area contributed by atoms with E-state index in [9.17, 15) is 14.4 Å². The summed E-state index contributed by atoms with van der Waals surface area (Å²) in [7, 11) is -1.95. The number of ether oxygens (including phenoxy) is 1. The van der Waals surface area contributed by atoms with Gasteiger partial charge < -0.3 is 18.8 Å². The lowest BCUT2D eigenvalue weighted by Crippen LogP contribution is -2.73. The van der Waals surface area contributed by atoms with Gasteiger partial charge in [-0.3, -0.25) is 9.59 Å². The fourth-order valence-corrected chi connectivity index (χ4v) is 6.18. The van der Waals surface area contributed by atoms with Crippen LogP contribution >= 0.6 is 23.4 Å². The van der Waals surface area contributed by atoms with Crippen LogP contribution in [0, 0.1) is 0 Å². The molecule has 0 spiro atoms. The molecule has 1 saturated heterocycles. The standard InChI is InChI=1S/C24H30N2O5S2Si/c1-16(2)21(24(29)30-14-17-9-7-6-8-10-17)26-22(28)20(23(26)33-31-34(3,4)5)25-19(27)13-18-11-12-32-15-18/h6-12,15,20-21,23H,1,13-14H2,2-5H3,(H,25,27). The maximum absolute atomic E-state index is 13.2. The van der Waals surface area contributed by atoms with Crippen molar-refractivity contribution in [3.63, 3.8) is 0 Å². The van der Waals surface area contributed by atoms with Gasteiger partial charge in [0.05, 0.1) is 6.42 Å². The van der Waals surface area contributed by atoms with Crippen molar-refractivity contribution in [1.82, 2.24) is 10.2 Å². The Morgan fingerprint density at radius 1 is 1.21 bits per heavy atom. The van der Waals surface area contributed by atoms with Gasteiger partial charge in [0.25, 0.3) is 0 Å². The van der Waals surface area contributed by atoms with E-state index in [1.54, 1.807) is 6.92 Å². The first-order chi connectivity index (χ1) is 16.1. The van der Waals surface area contributed by atoms with E-state index in [-0.39, 0.29) is 24.8 Å². The summed E-state index contributed by atoms with van der Waals surface area (Å²) in [5.74, 6) is -1.18. The van der Waals surface area contributed by atoms with Crippen LogP contribution in [-0.4, -0.2) is 48.5 Å². The number of carbonyl (C=O) groups excluding carboxylic acids is 3. The minimum atomic E-state index is -1.95. The molecule has 0 aliphatic carbocycles. The van der Waals surface area contributed by atoms with Crippen LogP contribution < -0.4 is 5.32 Å². The molecule has 2 heterocycles. The Hall–Kier alpha value is -2.40. The Morgan fingerprint density at radius 3 is 2.50 bits per heavy atom. The number of rotatable bonds is 11. The third kappa shape index (κ3) is 6.81. The molecule has 1 aliphatic rings. The minimum Gasteiger partial charge on any atom is -0.459 e. The number of hydrogen-bond donors (Lipinski definition) is 1. The van der Waals surface area contributed by atoms with Gasteiger partial charge in [-0.1, -0.05) is 36.9 Å². The number of esters is 1. The topological polar surface area (TPSA) is 84.9 Å². The van der Waals surface area contributed by atoms with E-state index < -0.39 is 31.7 Å². The average Bonchev–Trinajstić information content (AvgIpc) is 3.28. The summed E-state index contributed by atoms with van der Waals surface area (Å²) in [5, 5.41) is 6.04. The van der Waals surface area contributed by atoms with E-state index in [2.05, 4.69) is 11.9 Å². The molecule has 0 radical (unpaired) electrons. The summed E-state index contributed by atoms with van der Waals surface area (Å²) in [5.41, 5.74) is 2.21. The van der Waals surface area contributed by atoms with Crippen molar-refractivity contribution in [2.24, 2.45) is 0 Å². The molecule has 182 valence electrons. The maximum Gasteiger partial charge on any atom is 0.333 e. The molecular weight excluding hydrogens is 488 g/mol. The molecule has 1 fully saturated rings. The summed E-state index contributed by atoms with van der Waals surface area (Å²) in [6, 6.07) is 9.44. The van der Waals surface area contributed by atoms with Crippen molar-refractivity contribution in [3.8, 4) is 0 Å². The van der Waals surface area contributed by atoms with Crippen molar-refractivity contribution in [2.45, 2.75) is 57.1 Å². The van der Waals surface area contributed by atoms with E-state index in [0.29, 0.717) is 5.57 Å². The fraction of sp³-hybridized carbons (Fsp3) is 0.375.